The average Bonchev–Trinajstić information content (AvgIpc) is 2.64. The van der Waals surface area contributed by atoms with Crippen molar-refractivity contribution in [1.29, 1.82) is 0 Å². The zero-order chi connectivity index (χ0) is 15.1. The lowest BCUT2D eigenvalue weighted by atomic mass is 9.98. The second kappa shape index (κ2) is 5.29. The van der Waals surface area contributed by atoms with E-state index in [1.165, 1.54) is 6.07 Å². The van der Waals surface area contributed by atoms with Gasteiger partial charge in [-0.15, -0.1) is 0 Å². The summed E-state index contributed by atoms with van der Waals surface area (Å²) >= 11 is 0. The maximum Gasteiger partial charge on any atom is 0.387 e. The SMILES string of the molecule is Nc1cc(F)c(OC(F)F)cc1N1C2CCC1CC(O)C2. The summed E-state index contributed by atoms with van der Waals surface area (Å²) in [6.45, 7) is -3.09. The average molecular weight is 302 g/mol. The number of halogens is 3. The predicted molar refractivity (Wildman–Crippen MR) is 72.0 cm³/mol. The van der Waals surface area contributed by atoms with E-state index < -0.39 is 18.2 Å². The largest absolute Gasteiger partial charge is 0.432 e. The fourth-order valence-electron chi connectivity index (χ4n) is 3.51. The maximum atomic E-state index is 13.6. The summed E-state index contributed by atoms with van der Waals surface area (Å²) in [7, 11) is 0. The van der Waals surface area contributed by atoms with Crippen molar-refractivity contribution in [3.8, 4) is 5.75 Å². The van der Waals surface area contributed by atoms with E-state index in [1.54, 1.807) is 0 Å². The van der Waals surface area contributed by atoms with Gasteiger partial charge < -0.3 is 20.5 Å². The second-order valence-electron chi connectivity index (χ2n) is 5.64. The Balaban J connectivity index is 1.95. The van der Waals surface area contributed by atoms with Crippen LogP contribution in [-0.4, -0.2) is 29.9 Å². The summed E-state index contributed by atoms with van der Waals surface area (Å²) in [6, 6.07) is 2.45. The molecule has 3 N–H and O–H groups in total. The van der Waals surface area contributed by atoms with Gasteiger partial charge in [-0.1, -0.05) is 0 Å². The zero-order valence-corrected chi connectivity index (χ0v) is 11.3. The van der Waals surface area contributed by atoms with Crippen LogP contribution in [0.15, 0.2) is 12.1 Å². The van der Waals surface area contributed by atoms with Crippen LogP contribution in [-0.2, 0) is 0 Å². The molecule has 21 heavy (non-hydrogen) atoms. The van der Waals surface area contributed by atoms with Gasteiger partial charge in [0.05, 0.1) is 17.5 Å². The fraction of sp³-hybridized carbons (Fsp3) is 0.571. The lowest BCUT2D eigenvalue weighted by molar-refractivity contribution is -0.0521. The van der Waals surface area contributed by atoms with Crippen LogP contribution < -0.4 is 15.4 Å². The van der Waals surface area contributed by atoms with Crippen molar-refractivity contribution in [1.82, 2.24) is 0 Å². The lowest BCUT2D eigenvalue weighted by Gasteiger charge is -2.39. The Kier molecular flexibility index (Phi) is 3.61. The highest BCUT2D eigenvalue weighted by Gasteiger charge is 2.41. The van der Waals surface area contributed by atoms with Gasteiger partial charge in [0, 0.05) is 24.2 Å². The molecule has 2 aliphatic heterocycles. The number of aliphatic hydroxyl groups is 1. The van der Waals surface area contributed by atoms with E-state index in [0.717, 1.165) is 18.9 Å². The highest BCUT2D eigenvalue weighted by Crippen LogP contribution is 2.43. The van der Waals surface area contributed by atoms with Gasteiger partial charge in [0.15, 0.2) is 11.6 Å². The molecule has 0 amide bonds. The van der Waals surface area contributed by atoms with Crippen LogP contribution in [0.1, 0.15) is 25.7 Å². The minimum Gasteiger partial charge on any atom is -0.432 e. The van der Waals surface area contributed by atoms with Crippen molar-refractivity contribution in [2.24, 2.45) is 0 Å². The number of hydrogen-bond acceptors (Lipinski definition) is 4. The van der Waals surface area contributed by atoms with E-state index in [9.17, 15) is 18.3 Å². The number of aliphatic hydroxyl groups excluding tert-OH is 1. The summed E-state index contributed by atoms with van der Waals surface area (Å²) in [4.78, 5) is 2.01. The highest BCUT2D eigenvalue weighted by atomic mass is 19.3. The van der Waals surface area contributed by atoms with Gasteiger partial charge in [0.1, 0.15) is 0 Å². The number of anilines is 2. The molecule has 0 aliphatic carbocycles. The lowest BCUT2D eigenvalue weighted by Crippen LogP contribution is -2.45. The van der Waals surface area contributed by atoms with Crippen molar-refractivity contribution in [3.05, 3.63) is 17.9 Å². The van der Waals surface area contributed by atoms with E-state index in [4.69, 9.17) is 5.73 Å². The monoisotopic (exact) mass is 302 g/mol. The molecule has 2 atom stereocenters. The van der Waals surface area contributed by atoms with E-state index >= 15 is 0 Å². The van der Waals surface area contributed by atoms with Crippen LogP contribution in [0.3, 0.4) is 0 Å². The number of ether oxygens (including phenoxy) is 1. The third kappa shape index (κ3) is 2.62. The standard InChI is InChI=1S/C14H17F3N2O2/c15-10-5-11(18)12(6-13(10)21-14(16)17)19-7-1-2-8(19)4-9(20)3-7/h5-9,14,20H,1-4,18H2. The zero-order valence-electron chi connectivity index (χ0n) is 11.3. The van der Waals surface area contributed by atoms with Crippen molar-refractivity contribution in [2.45, 2.75) is 50.5 Å². The smallest absolute Gasteiger partial charge is 0.387 e. The Morgan fingerprint density at radius 3 is 2.43 bits per heavy atom. The summed E-state index contributed by atoms with van der Waals surface area (Å²) in [6.07, 6.45) is 2.68. The third-order valence-corrected chi connectivity index (χ3v) is 4.28. The fourth-order valence-corrected chi connectivity index (χ4v) is 3.51. The Morgan fingerprint density at radius 1 is 1.24 bits per heavy atom. The van der Waals surface area contributed by atoms with Gasteiger partial charge in [0.2, 0.25) is 0 Å². The number of benzene rings is 1. The first-order chi connectivity index (χ1) is 9.95. The molecule has 7 heteroatoms. The van der Waals surface area contributed by atoms with Gasteiger partial charge in [-0.05, 0) is 25.7 Å². The number of fused-ring (bicyclic) bond motifs is 2. The quantitative estimate of drug-likeness (QED) is 0.842. The molecular weight excluding hydrogens is 285 g/mol. The Labute approximate surface area is 120 Å². The molecule has 0 radical (unpaired) electrons. The van der Waals surface area contributed by atoms with Crippen molar-refractivity contribution >= 4 is 11.4 Å². The van der Waals surface area contributed by atoms with Crippen LogP contribution in [0.2, 0.25) is 0 Å². The molecule has 2 heterocycles. The van der Waals surface area contributed by atoms with E-state index in [2.05, 4.69) is 4.74 Å². The molecule has 3 rings (SSSR count). The highest BCUT2D eigenvalue weighted by molar-refractivity contribution is 5.71. The Morgan fingerprint density at radius 2 is 1.86 bits per heavy atom. The van der Waals surface area contributed by atoms with E-state index in [1.807, 2.05) is 4.90 Å². The van der Waals surface area contributed by atoms with Crippen LogP contribution in [0.4, 0.5) is 24.5 Å². The van der Waals surface area contributed by atoms with Crippen molar-refractivity contribution in [2.75, 3.05) is 10.6 Å². The topological polar surface area (TPSA) is 58.7 Å². The summed E-state index contributed by atoms with van der Waals surface area (Å²) in [5.74, 6) is -1.40. The van der Waals surface area contributed by atoms with Crippen LogP contribution in [0.5, 0.6) is 5.75 Å². The third-order valence-electron chi connectivity index (χ3n) is 4.28. The molecule has 116 valence electrons. The summed E-state index contributed by atoms with van der Waals surface area (Å²) in [5, 5.41) is 9.80. The molecule has 2 saturated heterocycles. The number of nitrogens with two attached hydrogens (primary N) is 1. The first-order valence-electron chi connectivity index (χ1n) is 6.96. The number of piperidine rings is 1. The maximum absolute atomic E-state index is 13.6. The minimum atomic E-state index is -3.09. The molecule has 1 aromatic rings. The van der Waals surface area contributed by atoms with E-state index in [-0.39, 0.29) is 23.9 Å². The molecule has 0 aromatic heterocycles. The van der Waals surface area contributed by atoms with Crippen LogP contribution >= 0.6 is 0 Å². The van der Waals surface area contributed by atoms with Crippen molar-refractivity contribution in [3.63, 3.8) is 0 Å². The Hall–Kier alpha value is -1.63. The first kappa shape index (κ1) is 14.3. The van der Waals surface area contributed by atoms with Crippen molar-refractivity contribution < 1.29 is 23.0 Å². The number of nitrogen functional groups attached to an aromatic ring is 1. The first-order valence-corrected chi connectivity index (χ1v) is 6.96. The summed E-state index contributed by atoms with van der Waals surface area (Å²) in [5.41, 5.74) is 6.55. The molecule has 1 aromatic carbocycles. The molecule has 2 fully saturated rings. The van der Waals surface area contributed by atoms with Crippen LogP contribution in [0, 0.1) is 5.82 Å². The predicted octanol–water partition coefficient (Wildman–Crippen LogP) is 2.50. The number of nitrogens with zero attached hydrogens (tertiary/aromatic N) is 1. The molecule has 2 bridgehead atoms. The molecule has 4 nitrogen and oxygen atoms in total. The second-order valence-corrected chi connectivity index (χ2v) is 5.64. The molecule has 2 unspecified atom stereocenters. The van der Waals surface area contributed by atoms with Gasteiger partial charge in [-0.25, -0.2) is 4.39 Å². The van der Waals surface area contributed by atoms with Gasteiger partial charge >= 0.3 is 6.61 Å². The minimum absolute atomic E-state index is 0.103. The number of rotatable bonds is 3. The van der Waals surface area contributed by atoms with Gasteiger partial charge in [-0.2, -0.15) is 8.78 Å². The molecule has 0 saturated carbocycles. The number of alkyl halides is 2. The number of hydrogen-bond donors (Lipinski definition) is 2. The normalized spacial score (nSPS) is 28.2. The summed E-state index contributed by atoms with van der Waals surface area (Å²) < 4.78 is 42.5. The Bertz CT molecular complexity index is 527. The molecule has 2 aliphatic rings. The van der Waals surface area contributed by atoms with E-state index in [0.29, 0.717) is 18.5 Å². The molecular formula is C14H17F3N2O2. The van der Waals surface area contributed by atoms with Crippen LogP contribution in [0.25, 0.3) is 0 Å². The van der Waals surface area contributed by atoms with Gasteiger partial charge in [-0.3, -0.25) is 0 Å². The molecule has 0 spiro atoms. The van der Waals surface area contributed by atoms with Gasteiger partial charge in [0.25, 0.3) is 0 Å².